The van der Waals surface area contributed by atoms with Crippen LogP contribution in [0.1, 0.15) is 57.3 Å². The highest BCUT2D eigenvalue weighted by Gasteiger charge is 2.24. The van der Waals surface area contributed by atoms with Gasteiger partial charge in [-0.1, -0.05) is 42.0 Å². The maximum absolute atomic E-state index is 13.0. The van der Waals surface area contributed by atoms with Gasteiger partial charge in [0.2, 0.25) is 0 Å². The van der Waals surface area contributed by atoms with Crippen molar-refractivity contribution in [2.24, 2.45) is 0 Å². The van der Waals surface area contributed by atoms with Crippen LogP contribution in [-0.2, 0) is 13.1 Å². The molecule has 0 radical (unpaired) electrons. The molecule has 0 aliphatic carbocycles. The van der Waals surface area contributed by atoms with Gasteiger partial charge in [0.05, 0.1) is 11.3 Å². The van der Waals surface area contributed by atoms with Gasteiger partial charge >= 0.3 is 0 Å². The number of amides is 1. The predicted octanol–water partition coefficient (Wildman–Crippen LogP) is 4.54. The number of benzene rings is 2. The maximum atomic E-state index is 13.0. The molecule has 6 heteroatoms. The van der Waals surface area contributed by atoms with Crippen molar-refractivity contribution in [2.45, 2.75) is 45.7 Å². The molecule has 1 atom stereocenters. The van der Waals surface area contributed by atoms with E-state index < -0.39 is 0 Å². The summed E-state index contributed by atoms with van der Waals surface area (Å²) in [7, 11) is 0. The van der Waals surface area contributed by atoms with Crippen molar-refractivity contribution >= 4 is 5.91 Å². The fourth-order valence-corrected chi connectivity index (χ4v) is 4.26. The Labute approximate surface area is 188 Å². The third-order valence-electron chi connectivity index (χ3n) is 5.97. The number of nitrogens with zero attached hydrogens (tertiary/aromatic N) is 3. The summed E-state index contributed by atoms with van der Waals surface area (Å²) < 4.78 is 13.0. The van der Waals surface area contributed by atoms with Gasteiger partial charge in [0, 0.05) is 31.7 Å². The minimum Gasteiger partial charge on any atom is -0.348 e. The van der Waals surface area contributed by atoms with Crippen LogP contribution in [0.2, 0.25) is 0 Å². The molecule has 32 heavy (non-hydrogen) atoms. The van der Waals surface area contributed by atoms with Gasteiger partial charge in [-0.3, -0.25) is 9.69 Å². The van der Waals surface area contributed by atoms with Crippen molar-refractivity contribution in [1.82, 2.24) is 20.2 Å². The Morgan fingerprint density at radius 1 is 1.16 bits per heavy atom. The molecule has 1 N–H and O–H groups in total. The van der Waals surface area contributed by atoms with Gasteiger partial charge in [-0.05, 0) is 56.5 Å². The van der Waals surface area contributed by atoms with Crippen molar-refractivity contribution in [2.75, 3.05) is 13.1 Å². The maximum Gasteiger partial charge on any atom is 0.254 e. The first-order valence-electron chi connectivity index (χ1n) is 11.1. The molecular weight excluding hydrogens is 403 g/mol. The van der Waals surface area contributed by atoms with Crippen molar-refractivity contribution in [3.63, 3.8) is 0 Å². The first-order chi connectivity index (χ1) is 15.5. The zero-order valence-electron chi connectivity index (χ0n) is 18.6. The Hall–Kier alpha value is -3.12. The largest absolute Gasteiger partial charge is 0.348 e. The minimum atomic E-state index is -0.292. The molecule has 1 fully saturated rings. The van der Waals surface area contributed by atoms with Crippen molar-refractivity contribution in [3.8, 4) is 0 Å². The third kappa shape index (κ3) is 5.56. The summed E-state index contributed by atoms with van der Waals surface area (Å²) in [6.07, 6.45) is 3.80. The van der Waals surface area contributed by atoms with E-state index >= 15 is 0 Å². The van der Waals surface area contributed by atoms with Gasteiger partial charge in [0.1, 0.15) is 11.6 Å². The highest BCUT2D eigenvalue weighted by Crippen LogP contribution is 2.26. The van der Waals surface area contributed by atoms with E-state index in [0.717, 1.165) is 43.9 Å². The van der Waals surface area contributed by atoms with Crippen LogP contribution in [0.3, 0.4) is 0 Å². The van der Waals surface area contributed by atoms with Crippen molar-refractivity contribution in [1.29, 1.82) is 0 Å². The standard InChI is InChI=1S/C26H29FN4O/c1-18-5-3-6-21(13-18)16-31-12-4-7-22(17-31)25-28-15-24(19(2)30-25)26(32)29-14-20-8-10-23(27)11-9-20/h3,5-6,8-11,13,15,22H,4,7,12,14,16-17H2,1-2H3,(H,29,32)/t22-/m0/s1. The number of hydrogen-bond acceptors (Lipinski definition) is 4. The zero-order valence-corrected chi connectivity index (χ0v) is 18.6. The Morgan fingerprint density at radius 3 is 2.72 bits per heavy atom. The summed E-state index contributed by atoms with van der Waals surface area (Å²) in [5.74, 6) is 0.568. The SMILES string of the molecule is Cc1cccc(CN2CCC[C@H](c3ncc(C(=O)NCc4ccc(F)cc4)c(C)n3)C2)c1. The molecule has 5 nitrogen and oxygen atoms in total. The summed E-state index contributed by atoms with van der Waals surface area (Å²) >= 11 is 0. The van der Waals surface area contributed by atoms with E-state index in [1.54, 1.807) is 18.3 Å². The smallest absolute Gasteiger partial charge is 0.254 e. The molecule has 0 bridgehead atoms. The summed E-state index contributed by atoms with van der Waals surface area (Å²) in [6.45, 7) is 7.23. The highest BCUT2D eigenvalue weighted by molar-refractivity contribution is 5.94. The normalized spacial score (nSPS) is 16.7. The monoisotopic (exact) mass is 432 g/mol. The fraction of sp³-hybridized carbons (Fsp3) is 0.346. The molecule has 166 valence electrons. The number of piperidine rings is 1. The molecule has 0 unspecified atom stereocenters. The molecule has 1 aliphatic rings. The van der Waals surface area contributed by atoms with Crippen molar-refractivity contribution < 1.29 is 9.18 Å². The first kappa shape index (κ1) is 22.1. The lowest BCUT2D eigenvalue weighted by Crippen LogP contribution is -2.34. The average molecular weight is 433 g/mol. The Morgan fingerprint density at radius 2 is 1.97 bits per heavy atom. The van der Waals surface area contributed by atoms with E-state index in [-0.39, 0.29) is 17.6 Å². The quantitative estimate of drug-likeness (QED) is 0.621. The van der Waals surface area contributed by atoms with Gasteiger partial charge in [-0.2, -0.15) is 0 Å². The first-order valence-corrected chi connectivity index (χ1v) is 11.1. The number of likely N-dealkylation sites (tertiary alicyclic amines) is 1. The van der Waals surface area contributed by atoms with E-state index in [9.17, 15) is 9.18 Å². The van der Waals surface area contributed by atoms with Crippen LogP contribution < -0.4 is 5.32 Å². The Bertz CT molecular complexity index is 1080. The topological polar surface area (TPSA) is 58.1 Å². The molecule has 2 heterocycles. The molecule has 3 aromatic rings. The summed E-state index contributed by atoms with van der Waals surface area (Å²) in [5.41, 5.74) is 4.61. The van der Waals surface area contributed by atoms with Crippen LogP contribution in [0.4, 0.5) is 4.39 Å². The van der Waals surface area contributed by atoms with Crippen LogP contribution in [0, 0.1) is 19.7 Å². The van der Waals surface area contributed by atoms with Gasteiger partial charge in [-0.15, -0.1) is 0 Å². The van der Waals surface area contributed by atoms with Gasteiger partial charge in [0.15, 0.2) is 0 Å². The minimum absolute atomic E-state index is 0.219. The van der Waals surface area contributed by atoms with Gasteiger partial charge < -0.3 is 5.32 Å². The molecule has 1 saturated heterocycles. The van der Waals surface area contributed by atoms with Crippen LogP contribution >= 0.6 is 0 Å². The molecule has 1 aromatic heterocycles. The van der Waals surface area contributed by atoms with E-state index in [2.05, 4.69) is 46.4 Å². The van der Waals surface area contributed by atoms with E-state index in [0.29, 0.717) is 17.8 Å². The summed E-state index contributed by atoms with van der Waals surface area (Å²) in [5, 5.41) is 2.86. The number of carbonyl (C=O) groups is 1. The van der Waals surface area contributed by atoms with E-state index in [1.807, 2.05) is 6.92 Å². The lowest BCUT2D eigenvalue weighted by molar-refractivity contribution is 0.0949. The number of aryl methyl sites for hydroxylation is 2. The number of rotatable bonds is 6. The Balaban J connectivity index is 1.38. The fourth-order valence-electron chi connectivity index (χ4n) is 4.26. The van der Waals surface area contributed by atoms with Crippen LogP contribution in [-0.4, -0.2) is 33.9 Å². The number of halogens is 1. The summed E-state index contributed by atoms with van der Waals surface area (Å²) in [6, 6.07) is 14.7. The second-order valence-corrected chi connectivity index (χ2v) is 8.60. The van der Waals surface area contributed by atoms with E-state index in [4.69, 9.17) is 4.98 Å². The summed E-state index contributed by atoms with van der Waals surface area (Å²) in [4.78, 5) is 24.3. The second kappa shape index (κ2) is 10.0. The molecule has 1 amide bonds. The third-order valence-corrected chi connectivity index (χ3v) is 5.97. The number of aromatic nitrogens is 2. The van der Waals surface area contributed by atoms with Crippen LogP contribution in [0.25, 0.3) is 0 Å². The molecule has 1 aliphatic heterocycles. The highest BCUT2D eigenvalue weighted by atomic mass is 19.1. The number of hydrogen-bond donors (Lipinski definition) is 1. The molecule has 4 rings (SSSR count). The molecule has 2 aromatic carbocycles. The second-order valence-electron chi connectivity index (χ2n) is 8.60. The Kier molecular flexibility index (Phi) is 6.90. The van der Waals surface area contributed by atoms with Crippen LogP contribution in [0.5, 0.6) is 0 Å². The lowest BCUT2D eigenvalue weighted by atomic mass is 9.96. The van der Waals surface area contributed by atoms with Crippen LogP contribution in [0.15, 0.2) is 54.7 Å². The van der Waals surface area contributed by atoms with Crippen molar-refractivity contribution in [3.05, 3.63) is 94.3 Å². The molecular formula is C26H29FN4O. The van der Waals surface area contributed by atoms with E-state index in [1.165, 1.54) is 23.3 Å². The lowest BCUT2D eigenvalue weighted by Gasteiger charge is -2.32. The predicted molar refractivity (Wildman–Crippen MR) is 123 cm³/mol. The van der Waals surface area contributed by atoms with Gasteiger partial charge in [-0.25, -0.2) is 14.4 Å². The number of nitrogens with one attached hydrogen (secondary N) is 1. The number of carbonyl (C=O) groups excluding carboxylic acids is 1. The van der Waals surface area contributed by atoms with Gasteiger partial charge in [0.25, 0.3) is 5.91 Å². The molecule has 0 saturated carbocycles. The molecule has 0 spiro atoms. The zero-order chi connectivity index (χ0) is 22.5. The average Bonchev–Trinajstić information content (AvgIpc) is 2.78.